The Labute approximate surface area is 123 Å². The fourth-order valence-electron chi connectivity index (χ4n) is 2.78. The molecule has 0 radical (unpaired) electrons. The number of aromatic amines is 1. The van der Waals surface area contributed by atoms with E-state index in [1.165, 1.54) is 25.0 Å². The maximum atomic E-state index is 13.3. The van der Waals surface area contributed by atoms with Gasteiger partial charge in [-0.2, -0.15) is 0 Å². The molecule has 1 unspecified atom stereocenters. The van der Waals surface area contributed by atoms with Gasteiger partial charge in [0.25, 0.3) is 0 Å². The van der Waals surface area contributed by atoms with E-state index in [0.717, 1.165) is 36.6 Å². The number of aromatic nitrogens is 2. The monoisotopic (exact) mass is 292 g/mol. The van der Waals surface area contributed by atoms with E-state index in [-0.39, 0.29) is 5.82 Å². The Morgan fingerprint density at radius 3 is 3.14 bits per heavy atom. The van der Waals surface area contributed by atoms with Crippen LogP contribution in [0, 0.1) is 5.82 Å². The maximum absolute atomic E-state index is 13.3. The fourth-order valence-corrected chi connectivity index (χ4v) is 2.78. The molecule has 1 fully saturated rings. The van der Waals surface area contributed by atoms with Crippen LogP contribution in [-0.4, -0.2) is 49.4 Å². The van der Waals surface area contributed by atoms with Crippen molar-refractivity contribution in [2.45, 2.75) is 18.9 Å². The number of benzene rings is 1. The molecule has 114 valence electrons. The molecule has 3 rings (SSSR count). The van der Waals surface area contributed by atoms with Crippen molar-refractivity contribution in [2.75, 3.05) is 38.3 Å². The molecule has 6 heteroatoms. The van der Waals surface area contributed by atoms with Crippen LogP contribution in [0.5, 0.6) is 0 Å². The third-order valence-corrected chi connectivity index (χ3v) is 3.90. The van der Waals surface area contributed by atoms with Gasteiger partial charge in [0.05, 0.1) is 17.6 Å². The summed E-state index contributed by atoms with van der Waals surface area (Å²) in [5.74, 6) is 0.528. The van der Waals surface area contributed by atoms with Crippen LogP contribution in [0.15, 0.2) is 18.2 Å². The molecule has 2 N–H and O–H groups in total. The van der Waals surface area contributed by atoms with Crippen molar-refractivity contribution in [3.63, 3.8) is 0 Å². The van der Waals surface area contributed by atoms with E-state index in [1.54, 1.807) is 13.2 Å². The second-order valence-corrected chi connectivity index (χ2v) is 5.45. The lowest BCUT2D eigenvalue weighted by molar-refractivity contribution is 0.204. The van der Waals surface area contributed by atoms with E-state index in [0.29, 0.717) is 12.6 Å². The van der Waals surface area contributed by atoms with E-state index in [1.807, 2.05) is 0 Å². The third-order valence-electron chi connectivity index (χ3n) is 3.90. The lowest BCUT2D eigenvalue weighted by Gasteiger charge is -2.25. The molecule has 1 aliphatic heterocycles. The van der Waals surface area contributed by atoms with E-state index in [2.05, 4.69) is 20.2 Å². The van der Waals surface area contributed by atoms with E-state index in [9.17, 15) is 4.39 Å². The van der Waals surface area contributed by atoms with Gasteiger partial charge < -0.3 is 19.9 Å². The van der Waals surface area contributed by atoms with E-state index in [4.69, 9.17) is 4.74 Å². The molecular weight excluding hydrogens is 271 g/mol. The zero-order valence-electron chi connectivity index (χ0n) is 12.2. The van der Waals surface area contributed by atoms with Crippen molar-refractivity contribution in [1.29, 1.82) is 0 Å². The Bertz CT molecular complexity index is 594. The molecule has 21 heavy (non-hydrogen) atoms. The number of imidazole rings is 1. The van der Waals surface area contributed by atoms with Crippen LogP contribution in [0.3, 0.4) is 0 Å². The first kappa shape index (κ1) is 14.3. The van der Waals surface area contributed by atoms with Gasteiger partial charge in [0, 0.05) is 26.2 Å². The van der Waals surface area contributed by atoms with Gasteiger partial charge in [0.15, 0.2) is 0 Å². The number of anilines is 1. The molecule has 1 aromatic heterocycles. The first-order valence-electron chi connectivity index (χ1n) is 7.39. The number of ether oxygens (including phenoxy) is 1. The SMILES string of the molecule is COCCN(CC1CCCN1)c1nc2ccc(F)cc2[nH]1. The number of nitrogens with zero attached hydrogens (tertiary/aromatic N) is 2. The van der Waals surface area contributed by atoms with Crippen molar-refractivity contribution in [1.82, 2.24) is 15.3 Å². The molecule has 1 aliphatic rings. The van der Waals surface area contributed by atoms with Crippen LogP contribution in [-0.2, 0) is 4.74 Å². The van der Waals surface area contributed by atoms with Gasteiger partial charge >= 0.3 is 0 Å². The highest BCUT2D eigenvalue weighted by atomic mass is 19.1. The number of H-pyrrole nitrogens is 1. The zero-order chi connectivity index (χ0) is 14.7. The summed E-state index contributed by atoms with van der Waals surface area (Å²) in [4.78, 5) is 9.95. The lowest BCUT2D eigenvalue weighted by Crippen LogP contribution is -2.39. The normalized spacial score (nSPS) is 18.5. The molecule has 2 heterocycles. The Morgan fingerprint density at radius 1 is 1.48 bits per heavy atom. The van der Waals surface area contributed by atoms with Crippen LogP contribution < -0.4 is 10.2 Å². The molecule has 0 aliphatic carbocycles. The first-order chi connectivity index (χ1) is 10.3. The smallest absolute Gasteiger partial charge is 0.203 e. The summed E-state index contributed by atoms with van der Waals surface area (Å²) in [5, 5.41) is 3.49. The van der Waals surface area contributed by atoms with Crippen LogP contribution in [0.1, 0.15) is 12.8 Å². The van der Waals surface area contributed by atoms with Crippen LogP contribution in [0.4, 0.5) is 10.3 Å². The Hall–Kier alpha value is -1.66. The number of hydrogen-bond acceptors (Lipinski definition) is 4. The van der Waals surface area contributed by atoms with Gasteiger partial charge in [0.2, 0.25) is 5.95 Å². The number of hydrogen-bond donors (Lipinski definition) is 2. The predicted molar refractivity (Wildman–Crippen MR) is 81.2 cm³/mol. The number of fused-ring (bicyclic) bond motifs is 1. The summed E-state index contributed by atoms with van der Waals surface area (Å²) < 4.78 is 18.5. The standard InChI is InChI=1S/C15H21FN4O/c1-21-8-7-20(10-12-3-2-6-17-12)15-18-13-5-4-11(16)9-14(13)19-15/h4-5,9,12,17H,2-3,6-8,10H2,1H3,(H,18,19). The van der Waals surface area contributed by atoms with Crippen molar-refractivity contribution in [2.24, 2.45) is 0 Å². The van der Waals surface area contributed by atoms with Gasteiger partial charge in [-0.15, -0.1) is 0 Å². The molecule has 2 aromatic rings. The molecule has 1 atom stereocenters. The van der Waals surface area contributed by atoms with Crippen LogP contribution in [0.25, 0.3) is 11.0 Å². The minimum Gasteiger partial charge on any atom is -0.383 e. The second kappa shape index (κ2) is 6.41. The summed E-state index contributed by atoms with van der Waals surface area (Å²) >= 11 is 0. The fraction of sp³-hybridized carbons (Fsp3) is 0.533. The minimum atomic E-state index is -0.251. The number of methoxy groups -OCH3 is 1. The average Bonchev–Trinajstić information content (AvgIpc) is 3.11. The van der Waals surface area contributed by atoms with Crippen molar-refractivity contribution in [3.8, 4) is 0 Å². The largest absolute Gasteiger partial charge is 0.383 e. The highest BCUT2D eigenvalue weighted by Crippen LogP contribution is 2.19. The summed E-state index contributed by atoms with van der Waals surface area (Å²) in [6.45, 7) is 3.36. The molecule has 1 aromatic carbocycles. The molecule has 5 nitrogen and oxygen atoms in total. The Balaban J connectivity index is 1.81. The summed E-state index contributed by atoms with van der Waals surface area (Å²) in [6.07, 6.45) is 2.40. The Kier molecular flexibility index (Phi) is 4.36. The molecule has 0 amide bonds. The molecular formula is C15H21FN4O. The highest BCUT2D eigenvalue weighted by Gasteiger charge is 2.20. The molecule has 0 spiro atoms. The summed E-state index contributed by atoms with van der Waals surface area (Å²) in [6, 6.07) is 5.10. The van der Waals surface area contributed by atoms with Crippen molar-refractivity contribution in [3.05, 3.63) is 24.0 Å². The quantitative estimate of drug-likeness (QED) is 0.854. The van der Waals surface area contributed by atoms with Crippen molar-refractivity contribution >= 4 is 17.0 Å². The minimum absolute atomic E-state index is 0.251. The van der Waals surface area contributed by atoms with Crippen molar-refractivity contribution < 1.29 is 9.13 Å². The maximum Gasteiger partial charge on any atom is 0.203 e. The van der Waals surface area contributed by atoms with Crippen LogP contribution in [0.2, 0.25) is 0 Å². The zero-order valence-corrected chi connectivity index (χ0v) is 12.2. The Morgan fingerprint density at radius 2 is 2.38 bits per heavy atom. The number of halogens is 1. The first-order valence-corrected chi connectivity index (χ1v) is 7.39. The average molecular weight is 292 g/mol. The van der Waals surface area contributed by atoms with Gasteiger partial charge in [0.1, 0.15) is 5.82 Å². The van der Waals surface area contributed by atoms with Gasteiger partial charge in [-0.25, -0.2) is 9.37 Å². The lowest BCUT2D eigenvalue weighted by atomic mass is 10.2. The van der Waals surface area contributed by atoms with E-state index >= 15 is 0 Å². The van der Waals surface area contributed by atoms with Gasteiger partial charge in [-0.3, -0.25) is 0 Å². The van der Waals surface area contributed by atoms with Crippen LogP contribution >= 0.6 is 0 Å². The number of nitrogens with one attached hydrogen (secondary N) is 2. The molecule has 0 saturated carbocycles. The topological polar surface area (TPSA) is 53.2 Å². The summed E-state index contributed by atoms with van der Waals surface area (Å²) in [7, 11) is 1.69. The predicted octanol–water partition coefficient (Wildman–Crippen LogP) is 1.91. The van der Waals surface area contributed by atoms with Gasteiger partial charge in [-0.05, 0) is 37.6 Å². The number of rotatable bonds is 6. The molecule has 0 bridgehead atoms. The second-order valence-electron chi connectivity index (χ2n) is 5.45. The highest BCUT2D eigenvalue weighted by molar-refractivity contribution is 5.77. The third kappa shape index (κ3) is 3.33. The van der Waals surface area contributed by atoms with E-state index < -0.39 is 0 Å². The van der Waals surface area contributed by atoms with Gasteiger partial charge in [-0.1, -0.05) is 0 Å². The summed E-state index contributed by atoms with van der Waals surface area (Å²) in [5.41, 5.74) is 1.51. The molecule has 1 saturated heterocycles.